The zero-order valence-corrected chi connectivity index (χ0v) is 14.4. The minimum atomic E-state index is 0.470. The van der Waals surface area contributed by atoms with Gasteiger partial charge in [-0.1, -0.05) is 75.7 Å². The number of rotatable bonds is 11. The molecule has 0 bridgehead atoms. The molecule has 0 saturated heterocycles. The Morgan fingerprint density at radius 3 is 2.29 bits per heavy atom. The molecule has 3 N–H and O–H groups in total. The van der Waals surface area contributed by atoms with Crippen LogP contribution in [0, 0.1) is 6.92 Å². The number of benzene rings is 1. The van der Waals surface area contributed by atoms with Gasteiger partial charge in [-0.25, -0.2) is 0 Å². The van der Waals surface area contributed by atoms with Crippen LogP contribution in [-0.2, 0) is 0 Å². The topological polar surface area (TPSA) is 38.0 Å². The van der Waals surface area contributed by atoms with Crippen LogP contribution in [0.25, 0.3) is 0 Å². The lowest BCUT2D eigenvalue weighted by atomic mass is 10.1. The Morgan fingerprint density at radius 1 is 1.05 bits per heavy atom. The van der Waals surface area contributed by atoms with E-state index in [9.17, 15) is 0 Å². The quantitative estimate of drug-likeness (QED) is 0.437. The van der Waals surface area contributed by atoms with Crippen molar-refractivity contribution in [2.24, 2.45) is 5.73 Å². The fraction of sp³-hybridized carbons (Fsp3) is 0.611. The maximum absolute atomic E-state index is 5.78. The van der Waals surface area contributed by atoms with Gasteiger partial charge < -0.3 is 11.1 Å². The van der Waals surface area contributed by atoms with Crippen molar-refractivity contribution < 1.29 is 0 Å². The van der Waals surface area contributed by atoms with Crippen LogP contribution in [0.2, 0.25) is 0 Å². The number of hydrogen-bond acceptors (Lipinski definition) is 2. The van der Waals surface area contributed by atoms with Crippen molar-refractivity contribution in [2.75, 3.05) is 11.9 Å². The normalized spacial score (nSPS) is 10.6. The lowest BCUT2D eigenvalue weighted by Gasteiger charge is -2.12. The molecule has 21 heavy (non-hydrogen) atoms. The SMILES string of the molecule is CCCCCCCCCCNc1ccc(C)cc1C(N)=S. The number of anilines is 1. The van der Waals surface area contributed by atoms with Crippen LogP contribution in [0.1, 0.15) is 69.4 Å². The highest BCUT2D eigenvalue weighted by Crippen LogP contribution is 2.17. The monoisotopic (exact) mass is 306 g/mol. The van der Waals surface area contributed by atoms with Crippen molar-refractivity contribution in [2.45, 2.75) is 65.2 Å². The van der Waals surface area contributed by atoms with Crippen molar-refractivity contribution in [3.8, 4) is 0 Å². The van der Waals surface area contributed by atoms with Crippen molar-refractivity contribution in [1.82, 2.24) is 0 Å². The molecular weight excluding hydrogens is 276 g/mol. The highest BCUT2D eigenvalue weighted by atomic mass is 32.1. The smallest absolute Gasteiger partial charge is 0.106 e. The summed E-state index contributed by atoms with van der Waals surface area (Å²) in [6.45, 7) is 5.32. The molecule has 0 aliphatic heterocycles. The fourth-order valence-corrected chi connectivity index (χ4v) is 2.67. The van der Waals surface area contributed by atoms with Gasteiger partial charge in [0.15, 0.2) is 0 Å². The first-order valence-corrected chi connectivity index (χ1v) is 8.70. The third-order valence-corrected chi connectivity index (χ3v) is 4.01. The third-order valence-electron chi connectivity index (χ3n) is 3.79. The van der Waals surface area contributed by atoms with E-state index in [1.165, 1.54) is 56.9 Å². The number of nitrogens with one attached hydrogen (secondary N) is 1. The van der Waals surface area contributed by atoms with Crippen LogP contribution in [0.15, 0.2) is 18.2 Å². The molecule has 118 valence electrons. The van der Waals surface area contributed by atoms with E-state index < -0.39 is 0 Å². The molecule has 1 rings (SSSR count). The average Bonchev–Trinajstić information content (AvgIpc) is 2.46. The second-order valence-corrected chi connectivity index (χ2v) is 6.25. The summed E-state index contributed by atoms with van der Waals surface area (Å²) < 4.78 is 0. The molecule has 0 fully saturated rings. The Kier molecular flexibility index (Phi) is 9.07. The number of thiocarbonyl (C=S) groups is 1. The molecule has 0 aliphatic carbocycles. The van der Waals surface area contributed by atoms with Crippen LogP contribution in [-0.4, -0.2) is 11.5 Å². The first-order chi connectivity index (χ1) is 10.1. The highest BCUT2D eigenvalue weighted by Gasteiger charge is 2.04. The van der Waals surface area contributed by atoms with Crippen molar-refractivity contribution >= 4 is 22.9 Å². The molecule has 0 atom stereocenters. The summed E-state index contributed by atoms with van der Waals surface area (Å²) in [5.41, 5.74) is 9.00. The second-order valence-electron chi connectivity index (χ2n) is 5.81. The zero-order valence-electron chi connectivity index (χ0n) is 13.6. The first-order valence-electron chi connectivity index (χ1n) is 8.29. The molecule has 3 heteroatoms. The van der Waals surface area contributed by atoms with Crippen molar-refractivity contribution in [3.05, 3.63) is 29.3 Å². The van der Waals surface area contributed by atoms with E-state index >= 15 is 0 Å². The van der Waals surface area contributed by atoms with E-state index in [1.807, 2.05) is 0 Å². The van der Waals surface area contributed by atoms with Gasteiger partial charge in [-0.2, -0.15) is 0 Å². The minimum absolute atomic E-state index is 0.470. The summed E-state index contributed by atoms with van der Waals surface area (Å²) >= 11 is 5.12. The molecule has 0 unspecified atom stereocenters. The molecule has 2 nitrogen and oxygen atoms in total. The molecule has 0 heterocycles. The van der Waals surface area contributed by atoms with Crippen molar-refractivity contribution in [1.29, 1.82) is 0 Å². The van der Waals surface area contributed by atoms with Gasteiger partial charge in [-0.15, -0.1) is 0 Å². The Bertz CT molecular complexity index is 429. The molecule has 1 aromatic carbocycles. The second kappa shape index (κ2) is 10.6. The van der Waals surface area contributed by atoms with Crippen LogP contribution in [0.4, 0.5) is 5.69 Å². The molecule has 0 radical (unpaired) electrons. The maximum atomic E-state index is 5.78. The summed E-state index contributed by atoms with van der Waals surface area (Å²) in [7, 11) is 0. The predicted molar refractivity (Wildman–Crippen MR) is 98.2 cm³/mol. The fourth-order valence-electron chi connectivity index (χ4n) is 2.50. The molecular formula is C18H30N2S. The molecule has 0 aliphatic rings. The van der Waals surface area contributed by atoms with E-state index in [2.05, 4.69) is 37.4 Å². The van der Waals surface area contributed by atoms with Crippen LogP contribution in [0.5, 0.6) is 0 Å². The third kappa shape index (κ3) is 7.47. The largest absolute Gasteiger partial charge is 0.389 e. The van der Waals surface area contributed by atoms with E-state index in [0.717, 1.165) is 17.8 Å². The van der Waals surface area contributed by atoms with Crippen LogP contribution >= 0.6 is 12.2 Å². The van der Waals surface area contributed by atoms with E-state index in [0.29, 0.717) is 4.99 Å². The molecule has 0 aromatic heterocycles. The van der Waals surface area contributed by atoms with Gasteiger partial charge in [0.05, 0.1) is 0 Å². The Morgan fingerprint density at radius 2 is 1.67 bits per heavy atom. The van der Waals surface area contributed by atoms with Gasteiger partial charge in [-0.3, -0.25) is 0 Å². The van der Waals surface area contributed by atoms with Crippen molar-refractivity contribution in [3.63, 3.8) is 0 Å². The number of hydrogen-bond donors (Lipinski definition) is 2. The van der Waals surface area contributed by atoms with Crippen LogP contribution < -0.4 is 11.1 Å². The van der Waals surface area contributed by atoms with E-state index in [-0.39, 0.29) is 0 Å². The predicted octanol–water partition coefficient (Wildman–Crippen LogP) is 5.18. The number of nitrogens with two attached hydrogens (primary N) is 1. The molecule has 1 aromatic rings. The number of aryl methyl sites for hydroxylation is 1. The van der Waals surface area contributed by atoms with Gasteiger partial charge in [0.2, 0.25) is 0 Å². The lowest BCUT2D eigenvalue weighted by Crippen LogP contribution is -2.14. The Labute approximate surface area is 135 Å². The van der Waals surface area contributed by atoms with Gasteiger partial charge in [0.25, 0.3) is 0 Å². The van der Waals surface area contributed by atoms with Gasteiger partial charge in [-0.05, 0) is 25.5 Å². The Hall–Kier alpha value is -1.09. The maximum Gasteiger partial charge on any atom is 0.106 e. The van der Waals surface area contributed by atoms with E-state index in [1.54, 1.807) is 0 Å². The summed E-state index contributed by atoms with van der Waals surface area (Å²) in [6, 6.07) is 6.23. The standard InChI is InChI=1S/C18H30N2S/c1-3-4-5-6-7-8-9-10-13-20-17-12-11-15(2)14-16(17)18(19)21/h11-12,14,20H,3-10,13H2,1-2H3,(H2,19,21). The Balaban J connectivity index is 2.20. The highest BCUT2D eigenvalue weighted by molar-refractivity contribution is 7.80. The average molecular weight is 307 g/mol. The van der Waals surface area contributed by atoms with Gasteiger partial charge in [0, 0.05) is 17.8 Å². The zero-order chi connectivity index (χ0) is 15.5. The first kappa shape index (κ1) is 18.0. The summed E-state index contributed by atoms with van der Waals surface area (Å²) in [4.78, 5) is 0.470. The van der Waals surface area contributed by atoms with E-state index in [4.69, 9.17) is 18.0 Å². The van der Waals surface area contributed by atoms with Gasteiger partial charge in [0.1, 0.15) is 4.99 Å². The molecule has 0 spiro atoms. The summed E-state index contributed by atoms with van der Waals surface area (Å²) in [6.07, 6.45) is 10.7. The molecule has 0 saturated carbocycles. The molecule has 0 amide bonds. The van der Waals surface area contributed by atoms with Gasteiger partial charge >= 0.3 is 0 Å². The minimum Gasteiger partial charge on any atom is -0.389 e. The summed E-state index contributed by atoms with van der Waals surface area (Å²) in [5.74, 6) is 0. The summed E-state index contributed by atoms with van der Waals surface area (Å²) in [5, 5.41) is 3.47. The van der Waals surface area contributed by atoms with Crippen LogP contribution in [0.3, 0.4) is 0 Å². The number of unbranched alkanes of at least 4 members (excludes halogenated alkanes) is 7. The lowest BCUT2D eigenvalue weighted by molar-refractivity contribution is 0.581.